The molecule has 0 aliphatic heterocycles. The molecule has 0 radical (unpaired) electrons. The van der Waals surface area contributed by atoms with Crippen molar-refractivity contribution in [1.29, 1.82) is 0 Å². The molecule has 1 N–H and O–H groups in total. The van der Waals surface area contributed by atoms with Crippen molar-refractivity contribution < 1.29 is 4.79 Å². The number of anilines is 1. The Bertz CT molecular complexity index is 299. The third-order valence-corrected chi connectivity index (χ3v) is 1.94. The zero-order chi connectivity index (χ0) is 9.68. The van der Waals surface area contributed by atoms with E-state index in [0.717, 1.165) is 5.69 Å². The maximum atomic E-state index is 11.0. The molecule has 0 spiro atoms. The first-order chi connectivity index (χ1) is 6.22. The van der Waals surface area contributed by atoms with E-state index in [1.807, 2.05) is 19.1 Å². The number of carbonyl (C=O) groups excluding carboxylic acids is 1. The van der Waals surface area contributed by atoms with Gasteiger partial charge in [0.2, 0.25) is 0 Å². The van der Waals surface area contributed by atoms with E-state index in [1.165, 1.54) is 0 Å². The van der Waals surface area contributed by atoms with Crippen LogP contribution in [0.2, 0.25) is 5.02 Å². The van der Waals surface area contributed by atoms with Gasteiger partial charge in [-0.25, -0.2) is 0 Å². The summed E-state index contributed by atoms with van der Waals surface area (Å²) < 4.78 is 0. The number of halogens is 1. The number of nitrogens with one attached hydrogen (secondary N) is 1. The van der Waals surface area contributed by atoms with Gasteiger partial charge in [-0.1, -0.05) is 24.6 Å². The van der Waals surface area contributed by atoms with Crippen LogP contribution in [0.25, 0.3) is 0 Å². The first-order valence-corrected chi connectivity index (χ1v) is 4.61. The quantitative estimate of drug-likeness (QED) is 0.804. The van der Waals surface area contributed by atoms with E-state index >= 15 is 0 Å². The number of Topliss-reactive ketones (excluding diaryl/α,β-unsaturated/α-hetero) is 1. The van der Waals surface area contributed by atoms with Gasteiger partial charge in [0, 0.05) is 17.1 Å². The summed E-state index contributed by atoms with van der Waals surface area (Å²) in [7, 11) is 0. The second kappa shape index (κ2) is 4.87. The predicted octanol–water partition coefficient (Wildman–Crippen LogP) is 2.73. The number of rotatable bonds is 4. The van der Waals surface area contributed by atoms with Gasteiger partial charge in [-0.15, -0.1) is 0 Å². The van der Waals surface area contributed by atoms with Crippen molar-refractivity contribution in [2.24, 2.45) is 0 Å². The number of hydrogen-bond acceptors (Lipinski definition) is 2. The molecule has 3 heteroatoms. The maximum Gasteiger partial charge on any atom is 0.151 e. The molecule has 0 aliphatic carbocycles. The maximum absolute atomic E-state index is 11.0. The van der Waals surface area contributed by atoms with Crippen LogP contribution in [0.3, 0.4) is 0 Å². The van der Waals surface area contributed by atoms with Crippen molar-refractivity contribution in [2.45, 2.75) is 13.3 Å². The number of ketones is 1. The van der Waals surface area contributed by atoms with Crippen LogP contribution in [0.1, 0.15) is 13.3 Å². The summed E-state index contributed by atoms with van der Waals surface area (Å²) in [5.74, 6) is 0.194. The second-order valence-corrected chi connectivity index (χ2v) is 3.19. The van der Waals surface area contributed by atoms with Gasteiger partial charge in [0.15, 0.2) is 5.78 Å². The molecule has 1 rings (SSSR count). The van der Waals surface area contributed by atoms with E-state index in [9.17, 15) is 4.79 Å². The highest BCUT2D eigenvalue weighted by atomic mass is 35.5. The van der Waals surface area contributed by atoms with Gasteiger partial charge in [0.25, 0.3) is 0 Å². The van der Waals surface area contributed by atoms with Crippen LogP contribution in [-0.4, -0.2) is 12.3 Å². The molecular weight excluding hydrogens is 186 g/mol. The fourth-order valence-electron chi connectivity index (χ4n) is 0.924. The lowest BCUT2D eigenvalue weighted by Gasteiger charge is -2.04. The van der Waals surface area contributed by atoms with Crippen molar-refractivity contribution in [3.8, 4) is 0 Å². The Balaban J connectivity index is 2.50. The Morgan fingerprint density at radius 1 is 1.54 bits per heavy atom. The van der Waals surface area contributed by atoms with Gasteiger partial charge in [-0.2, -0.15) is 0 Å². The summed E-state index contributed by atoms with van der Waals surface area (Å²) in [6.07, 6.45) is 0.563. The summed E-state index contributed by atoms with van der Waals surface area (Å²) in [6.45, 7) is 2.22. The van der Waals surface area contributed by atoms with Crippen LogP contribution in [0.15, 0.2) is 24.3 Å². The molecule has 0 heterocycles. The Kier molecular flexibility index (Phi) is 3.77. The van der Waals surface area contributed by atoms with Gasteiger partial charge in [-0.3, -0.25) is 4.79 Å². The van der Waals surface area contributed by atoms with Crippen molar-refractivity contribution in [3.05, 3.63) is 29.3 Å². The summed E-state index contributed by atoms with van der Waals surface area (Å²) in [4.78, 5) is 11.0. The Hall–Kier alpha value is -1.02. The average molecular weight is 198 g/mol. The normalized spacial score (nSPS) is 9.69. The first kappa shape index (κ1) is 10.1. The topological polar surface area (TPSA) is 29.1 Å². The lowest BCUT2D eigenvalue weighted by molar-refractivity contribution is -0.117. The predicted molar refractivity (Wildman–Crippen MR) is 55.2 cm³/mol. The van der Waals surface area contributed by atoms with E-state index in [1.54, 1.807) is 12.1 Å². The molecule has 1 aromatic carbocycles. The van der Waals surface area contributed by atoms with Gasteiger partial charge < -0.3 is 5.32 Å². The lowest BCUT2D eigenvalue weighted by Crippen LogP contribution is -2.12. The molecule has 0 aromatic heterocycles. The van der Waals surface area contributed by atoms with Crippen LogP contribution in [0.4, 0.5) is 5.69 Å². The molecule has 70 valence electrons. The fraction of sp³-hybridized carbons (Fsp3) is 0.300. The SMILES string of the molecule is CCC(=O)CNc1cccc(Cl)c1. The van der Waals surface area contributed by atoms with E-state index < -0.39 is 0 Å². The van der Waals surface area contributed by atoms with Crippen LogP contribution in [0.5, 0.6) is 0 Å². The van der Waals surface area contributed by atoms with Crippen molar-refractivity contribution in [1.82, 2.24) is 0 Å². The molecule has 0 unspecified atom stereocenters. The molecule has 0 aliphatic rings. The van der Waals surface area contributed by atoms with E-state index in [0.29, 0.717) is 18.0 Å². The van der Waals surface area contributed by atoms with Crippen LogP contribution >= 0.6 is 11.6 Å². The third-order valence-electron chi connectivity index (χ3n) is 1.71. The zero-order valence-corrected chi connectivity index (χ0v) is 8.27. The minimum absolute atomic E-state index is 0.194. The first-order valence-electron chi connectivity index (χ1n) is 4.23. The van der Waals surface area contributed by atoms with Crippen molar-refractivity contribution in [2.75, 3.05) is 11.9 Å². The Morgan fingerprint density at radius 3 is 2.92 bits per heavy atom. The highest BCUT2D eigenvalue weighted by Crippen LogP contribution is 2.14. The average Bonchev–Trinajstić information content (AvgIpc) is 2.14. The highest BCUT2D eigenvalue weighted by Gasteiger charge is 1.97. The van der Waals surface area contributed by atoms with E-state index in [4.69, 9.17) is 11.6 Å². The minimum atomic E-state index is 0.194. The Labute approximate surface area is 82.9 Å². The van der Waals surface area contributed by atoms with E-state index in [-0.39, 0.29) is 5.78 Å². The smallest absolute Gasteiger partial charge is 0.151 e. The Morgan fingerprint density at radius 2 is 2.31 bits per heavy atom. The molecule has 2 nitrogen and oxygen atoms in total. The molecule has 0 saturated carbocycles. The molecule has 0 atom stereocenters. The minimum Gasteiger partial charge on any atom is -0.378 e. The molecule has 1 aromatic rings. The van der Waals surface area contributed by atoms with Gasteiger partial charge in [0.1, 0.15) is 0 Å². The van der Waals surface area contributed by atoms with Crippen molar-refractivity contribution >= 4 is 23.1 Å². The standard InChI is InChI=1S/C10H12ClNO/c1-2-10(13)7-12-9-5-3-4-8(11)6-9/h3-6,12H,2,7H2,1H3. The van der Waals surface area contributed by atoms with Crippen molar-refractivity contribution in [3.63, 3.8) is 0 Å². The van der Waals surface area contributed by atoms with Gasteiger partial charge >= 0.3 is 0 Å². The van der Waals surface area contributed by atoms with Crippen LogP contribution in [-0.2, 0) is 4.79 Å². The van der Waals surface area contributed by atoms with Crippen LogP contribution in [0, 0.1) is 0 Å². The fourth-order valence-corrected chi connectivity index (χ4v) is 1.11. The van der Waals surface area contributed by atoms with Gasteiger partial charge in [0.05, 0.1) is 6.54 Å². The lowest BCUT2D eigenvalue weighted by atomic mass is 10.3. The van der Waals surface area contributed by atoms with E-state index in [2.05, 4.69) is 5.32 Å². The number of hydrogen-bond donors (Lipinski definition) is 1. The summed E-state index contributed by atoms with van der Waals surface area (Å²) in [6, 6.07) is 7.33. The highest BCUT2D eigenvalue weighted by molar-refractivity contribution is 6.30. The largest absolute Gasteiger partial charge is 0.378 e. The third kappa shape index (κ3) is 3.47. The molecule has 0 fully saturated rings. The molecule has 0 bridgehead atoms. The summed E-state index contributed by atoms with van der Waals surface area (Å²) in [5, 5.41) is 3.68. The monoisotopic (exact) mass is 197 g/mol. The van der Waals surface area contributed by atoms with Crippen LogP contribution < -0.4 is 5.32 Å². The summed E-state index contributed by atoms with van der Waals surface area (Å²) in [5.41, 5.74) is 0.884. The molecule has 13 heavy (non-hydrogen) atoms. The zero-order valence-electron chi connectivity index (χ0n) is 7.51. The summed E-state index contributed by atoms with van der Waals surface area (Å²) >= 11 is 5.77. The molecule has 0 amide bonds. The second-order valence-electron chi connectivity index (χ2n) is 2.76. The molecule has 0 saturated heterocycles. The molecular formula is C10H12ClNO. The number of benzene rings is 1. The van der Waals surface area contributed by atoms with Gasteiger partial charge in [-0.05, 0) is 18.2 Å². The number of carbonyl (C=O) groups is 1.